The zero-order chi connectivity index (χ0) is 19.6. The molecule has 1 atom stereocenters. The lowest BCUT2D eigenvalue weighted by Crippen LogP contribution is -2.30. The van der Waals surface area contributed by atoms with Crippen LogP contribution in [0.15, 0.2) is 46.9 Å². The second kappa shape index (κ2) is 7.72. The lowest BCUT2D eigenvalue weighted by atomic mass is 10.2. The molecule has 7 heteroatoms. The average molecular weight is 388 g/mol. The van der Waals surface area contributed by atoms with Gasteiger partial charge in [-0.15, -0.1) is 0 Å². The van der Waals surface area contributed by atoms with E-state index < -0.39 is 18.0 Å². The van der Waals surface area contributed by atoms with E-state index >= 15 is 0 Å². The van der Waals surface area contributed by atoms with Crippen LogP contribution in [-0.4, -0.2) is 25.1 Å². The van der Waals surface area contributed by atoms with Gasteiger partial charge in [0.05, 0.1) is 12.8 Å². The van der Waals surface area contributed by atoms with Gasteiger partial charge in [0, 0.05) is 16.5 Å². The Kier molecular flexibility index (Phi) is 5.37. The van der Waals surface area contributed by atoms with Gasteiger partial charge < -0.3 is 19.2 Å². The first kappa shape index (κ1) is 18.8. The molecule has 0 aliphatic rings. The highest BCUT2D eigenvalue weighted by Gasteiger charge is 2.22. The Labute approximate surface area is 161 Å². The van der Waals surface area contributed by atoms with Gasteiger partial charge in [0.2, 0.25) is 5.76 Å². The Morgan fingerprint density at radius 2 is 1.93 bits per heavy atom. The van der Waals surface area contributed by atoms with Crippen molar-refractivity contribution in [2.45, 2.75) is 20.0 Å². The molecule has 0 spiro atoms. The van der Waals surface area contributed by atoms with Crippen molar-refractivity contribution in [1.29, 1.82) is 0 Å². The predicted molar refractivity (Wildman–Crippen MR) is 102 cm³/mol. The topological polar surface area (TPSA) is 77.8 Å². The number of carbonyl (C=O) groups is 2. The zero-order valence-corrected chi connectivity index (χ0v) is 15.8. The Bertz CT molecular complexity index is 978. The van der Waals surface area contributed by atoms with E-state index in [9.17, 15) is 9.59 Å². The Hall–Kier alpha value is -2.99. The van der Waals surface area contributed by atoms with Crippen LogP contribution in [-0.2, 0) is 9.53 Å². The van der Waals surface area contributed by atoms with E-state index in [0.717, 1.165) is 10.9 Å². The summed E-state index contributed by atoms with van der Waals surface area (Å²) in [5.74, 6) is -0.766. The lowest BCUT2D eigenvalue weighted by molar-refractivity contribution is -0.123. The highest BCUT2D eigenvalue weighted by molar-refractivity contribution is 6.31. The van der Waals surface area contributed by atoms with E-state index in [1.807, 2.05) is 19.1 Å². The molecule has 6 nitrogen and oxygen atoms in total. The fourth-order valence-electron chi connectivity index (χ4n) is 2.52. The zero-order valence-electron chi connectivity index (χ0n) is 15.0. The average Bonchev–Trinajstić information content (AvgIpc) is 3.08. The summed E-state index contributed by atoms with van der Waals surface area (Å²) in [4.78, 5) is 24.7. The second-order valence-corrected chi connectivity index (χ2v) is 6.39. The number of benzene rings is 2. The maximum atomic E-state index is 12.4. The summed E-state index contributed by atoms with van der Waals surface area (Å²) in [6, 6.07) is 12.1. The van der Waals surface area contributed by atoms with Gasteiger partial charge in [-0.3, -0.25) is 4.79 Å². The molecule has 2 aromatic carbocycles. The molecule has 0 fully saturated rings. The van der Waals surface area contributed by atoms with Gasteiger partial charge in [0.15, 0.2) is 6.10 Å². The number of methoxy groups -OCH3 is 1. The highest BCUT2D eigenvalue weighted by atomic mass is 35.5. The van der Waals surface area contributed by atoms with Crippen LogP contribution in [0.25, 0.3) is 11.0 Å². The van der Waals surface area contributed by atoms with Crippen LogP contribution in [0, 0.1) is 6.92 Å². The molecule has 140 valence electrons. The van der Waals surface area contributed by atoms with Gasteiger partial charge in [-0.25, -0.2) is 4.79 Å². The number of esters is 1. The maximum absolute atomic E-state index is 12.4. The number of carbonyl (C=O) groups excluding carboxylic acids is 2. The van der Waals surface area contributed by atoms with Crippen LogP contribution in [0.2, 0.25) is 5.02 Å². The number of nitrogens with one attached hydrogen (secondary N) is 1. The summed E-state index contributed by atoms with van der Waals surface area (Å²) in [5, 5.41) is 3.99. The molecule has 0 aliphatic heterocycles. The number of hydrogen-bond acceptors (Lipinski definition) is 5. The molecule has 3 rings (SSSR count). The first-order chi connectivity index (χ1) is 12.9. The van der Waals surface area contributed by atoms with Crippen LogP contribution in [0.5, 0.6) is 5.75 Å². The van der Waals surface area contributed by atoms with Crippen LogP contribution in [0.1, 0.15) is 23.0 Å². The summed E-state index contributed by atoms with van der Waals surface area (Å²) >= 11 is 6.06. The van der Waals surface area contributed by atoms with Gasteiger partial charge in [0.25, 0.3) is 5.91 Å². The third-order valence-electron chi connectivity index (χ3n) is 4.02. The van der Waals surface area contributed by atoms with Crippen molar-refractivity contribution in [2.24, 2.45) is 0 Å². The van der Waals surface area contributed by atoms with Crippen LogP contribution < -0.4 is 10.1 Å². The Morgan fingerprint density at radius 3 is 2.63 bits per heavy atom. The standard InChI is InChI=1S/C20H18ClNO5/c1-11-8-15(17(25-3)10-14(11)21)22-19(23)12(2)26-20(24)18-9-13-6-4-5-7-16(13)27-18/h4-10,12H,1-3H3,(H,22,23)/t12-/m1/s1. The van der Waals surface area contributed by atoms with E-state index in [0.29, 0.717) is 22.0 Å². The number of ether oxygens (including phenoxy) is 2. The number of amides is 1. The van der Waals surface area contributed by atoms with Gasteiger partial charge in [-0.1, -0.05) is 29.8 Å². The van der Waals surface area contributed by atoms with Crippen molar-refractivity contribution < 1.29 is 23.5 Å². The fourth-order valence-corrected chi connectivity index (χ4v) is 2.67. The summed E-state index contributed by atoms with van der Waals surface area (Å²) < 4.78 is 15.9. The Balaban J connectivity index is 1.70. The lowest BCUT2D eigenvalue weighted by Gasteiger charge is -2.15. The SMILES string of the molecule is COc1cc(Cl)c(C)cc1NC(=O)[C@@H](C)OC(=O)c1cc2ccccc2o1. The smallest absolute Gasteiger partial charge is 0.375 e. The van der Waals surface area contributed by atoms with E-state index in [4.69, 9.17) is 25.5 Å². The van der Waals surface area contributed by atoms with Gasteiger partial charge in [-0.2, -0.15) is 0 Å². The van der Waals surface area contributed by atoms with Crippen molar-refractivity contribution in [1.82, 2.24) is 0 Å². The molecule has 0 bridgehead atoms. The van der Waals surface area contributed by atoms with Crippen molar-refractivity contribution >= 4 is 40.1 Å². The number of anilines is 1. The number of halogens is 1. The normalized spacial score (nSPS) is 11.9. The van der Waals surface area contributed by atoms with Crippen molar-refractivity contribution in [3.63, 3.8) is 0 Å². The molecule has 0 unspecified atom stereocenters. The maximum Gasteiger partial charge on any atom is 0.375 e. The van der Waals surface area contributed by atoms with E-state index in [2.05, 4.69) is 5.32 Å². The number of hydrogen-bond donors (Lipinski definition) is 1. The van der Waals surface area contributed by atoms with E-state index in [-0.39, 0.29) is 5.76 Å². The minimum Gasteiger partial charge on any atom is -0.495 e. The number of furan rings is 1. The first-order valence-corrected chi connectivity index (χ1v) is 8.61. The number of rotatable bonds is 5. The van der Waals surface area contributed by atoms with Crippen LogP contribution in [0.3, 0.4) is 0 Å². The molecule has 1 N–H and O–H groups in total. The molecule has 0 saturated heterocycles. The van der Waals surface area contributed by atoms with Crippen LogP contribution >= 0.6 is 11.6 Å². The van der Waals surface area contributed by atoms with Crippen molar-refractivity contribution in [2.75, 3.05) is 12.4 Å². The summed E-state index contributed by atoms with van der Waals surface area (Å²) in [7, 11) is 1.47. The Morgan fingerprint density at radius 1 is 1.19 bits per heavy atom. The first-order valence-electron chi connectivity index (χ1n) is 8.23. The summed E-state index contributed by atoms with van der Waals surface area (Å²) in [5.41, 5.74) is 1.79. The molecule has 1 aromatic heterocycles. The number of fused-ring (bicyclic) bond motifs is 1. The molecule has 0 aliphatic carbocycles. The quantitative estimate of drug-likeness (QED) is 0.648. The largest absolute Gasteiger partial charge is 0.495 e. The summed E-state index contributed by atoms with van der Waals surface area (Å²) in [6.45, 7) is 3.29. The van der Waals surface area contributed by atoms with Gasteiger partial charge >= 0.3 is 5.97 Å². The molecular weight excluding hydrogens is 370 g/mol. The fraction of sp³-hybridized carbons (Fsp3) is 0.200. The second-order valence-electron chi connectivity index (χ2n) is 5.99. The molecule has 3 aromatic rings. The molecular formula is C20H18ClNO5. The highest BCUT2D eigenvalue weighted by Crippen LogP contribution is 2.31. The van der Waals surface area contributed by atoms with Gasteiger partial charge in [0.1, 0.15) is 11.3 Å². The van der Waals surface area contributed by atoms with Crippen molar-refractivity contribution in [3.05, 3.63) is 58.8 Å². The number of para-hydroxylation sites is 1. The van der Waals surface area contributed by atoms with Crippen molar-refractivity contribution in [3.8, 4) is 5.75 Å². The molecule has 1 amide bonds. The molecule has 27 heavy (non-hydrogen) atoms. The predicted octanol–water partition coefficient (Wildman–Crippen LogP) is 4.59. The van der Waals surface area contributed by atoms with Crippen LogP contribution in [0.4, 0.5) is 5.69 Å². The minimum atomic E-state index is -1.04. The minimum absolute atomic E-state index is 0.0377. The molecule has 0 saturated carbocycles. The van der Waals surface area contributed by atoms with E-state index in [1.165, 1.54) is 14.0 Å². The monoisotopic (exact) mass is 387 g/mol. The third-order valence-corrected chi connectivity index (χ3v) is 4.43. The van der Waals surface area contributed by atoms with E-state index in [1.54, 1.807) is 30.3 Å². The number of aryl methyl sites for hydroxylation is 1. The summed E-state index contributed by atoms with van der Waals surface area (Å²) in [6.07, 6.45) is -1.04. The van der Waals surface area contributed by atoms with Gasteiger partial charge in [-0.05, 0) is 37.6 Å². The molecule has 0 radical (unpaired) electrons. The third kappa shape index (κ3) is 4.06. The molecule has 1 heterocycles.